The number of rotatable bonds is 2. The smallest absolute Gasteiger partial charge is 0.162 e. The second-order valence-electron chi connectivity index (χ2n) is 5.49. The SMILES string of the molecule is c1ccc(-c2nc3c(c(-c4ccccc4)n2)CCCN3)cc1. The number of hydrogen-bond acceptors (Lipinski definition) is 3. The standard InChI is InChI=1S/C19H17N3/c1-3-8-14(9-4-1)17-16-12-7-13-20-19(16)22-18(21-17)15-10-5-2-6-11-15/h1-6,8-11H,7,12-13H2,(H,20,21,22). The van der Waals surface area contributed by atoms with Gasteiger partial charge in [-0.2, -0.15) is 0 Å². The van der Waals surface area contributed by atoms with E-state index in [1.807, 2.05) is 24.3 Å². The summed E-state index contributed by atoms with van der Waals surface area (Å²) in [4.78, 5) is 9.62. The summed E-state index contributed by atoms with van der Waals surface area (Å²) in [5.41, 5.74) is 4.49. The first-order valence-electron chi connectivity index (χ1n) is 7.67. The molecule has 0 bridgehead atoms. The van der Waals surface area contributed by atoms with Crippen LogP contribution in [0.5, 0.6) is 0 Å². The van der Waals surface area contributed by atoms with E-state index in [1.54, 1.807) is 0 Å². The van der Waals surface area contributed by atoms with E-state index in [0.717, 1.165) is 47.8 Å². The third-order valence-corrected chi connectivity index (χ3v) is 3.98. The maximum Gasteiger partial charge on any atom is 0.162 e. The molecule has 3 heteroatoms. The Morgan fingerprint density at radius 3 is 2.18 bits per heavy atom. The van der Waals surface area contributed by atoms with Crippen molar-refractivity contribution in [2.24, 2.45) is 0 Å². The number of hydrogen-bond donors (Lipinski definition) is 1. The lowest BCUT2D eigenvalue weighted by molar-refractivity contribution is 0.812. The van der Waals surface area contributed by atoms with Gasteiger partial charge in [-0.15, -0.1) is 0 Å². The van der Waals surface area contributed by atoms with Crippen LogP contribution < -0.4 is 5.32 Å². The van der Waals surface area contributed by atoms with Gasteiger partial charge in [0.15, 0.2) is 5.82 Å². The topological polar surface area (TPSA) is 37.8 Å². The number of nitrogens with one attached hydrogen (secondary N) is 1. The zero-order valence-electron chi connectivity index (χ0n) is 12.3. The lowest BCUT2D eigenvalue weighted by Crippen LogP contribution is -2.16. The summed E-state index contributed by atoms with van der Waals surface area (Å²) in [6.07, 6.45) is 2.16. The van der Waals surface area contributed by atoms with Crippen molar-refractivity contribution in [1.29, 1.82) is 0 Å². The Morgan fingerprint density at radius 2 is 1.45 bits per heavy atom. The van der Waals surface area contributed by atoms with Crippen molar-refractivity contribution in [2.45, 2.75) is 12.8 Å². The normalized spacial score (nSPS) is 13.3. The van der Waals surface area contributed by atoms with E-state index < -0.39 is 0 Å². The lowest BCUT2D eigenvalue weighted by Gasteiger charge is -2.20. The zero-order valence-corrected chi connectivity index (χ0v) is 12.3. The fourth-order valence-electron chi connectivity index (χ4n) is 2.89. The molecule has 2 heterocycles. The van der Waals surface area contributed by atoms with Crippen LogP contribution in [0.3, 0.4) is 0 Å². The highest BCUT2D eigenvalue weighted by atomic mass is 15.0. The van der Waals surface area contributed by atoms with Crippen LogP contribution in [0.4, 0.5) is 5.82 Å². The fourth-order valence-corrected chi connectivity index (χ4v) is 2.89. The highest BCUT2D eigenvalue weighted by Gasteiger charge is 2.19. The van der Waals surface area contributed by atoms with Gasteiger partial charge in [0.2, 0.25) is 0 Å². The summed E-state index contributed by atoms with van der Waals surface area (Å²) in [6, 6.07) is 20.6. The van der Waals surface area contributed by atoms with E-state index in [4.69, 9.17) is 9.97 Å². The second kappa shape index (κ2) is 5.60. The van der Waals surface area contributed by atoms with Gasteiger partial charge >= 0.3 is 0 Å². The molecule has 108 valence electrons. The molecule has 2 aromatic carbocycles. The molecule has 3 aromatic rings. The van der Waals surface area contributed by atoms with Crippen molar-refractivity contribution >= 4 is 5.82 Å². The average Bonchev–Trinajstić information content (AvgIpc) is 2.62. The molecule has 0 fully saturated rings. The molecule has 1 N–H and O–H groups in total. The van der Waals surface area contributed by atoms with Crippen LogP contribution in [-0.4, -0.2) is 16.5 Å². The molecule has 0 aliphatic carbocycles. The molecule has 0 radical (unpaired) electrons. The molecular formula is C19H17N3. The summed E-state index contributed by atoms with van der Waals surface area (Å²) < 4.78 is 0. The van der Waals surface area contributed by atoms with Crippen LogP contribution in [0, 0.1) is 0 Å². The highest BCUT2D eigenvalue weighted by Crippen LogP contribution is 2.32. The summed E-state index contributed by atoms with van der Waals surface area (Å²) >= 11 is 0. The van der Waals surface area contributed by atoms with Crippen LogP contribution >= 0.6 is 0 Å². The van der Waals surface area contributed by atoms with Gasteiger partial charge in [0, 0.05) is 23.2 Å². The minimum absolute atomic E-state index is 0.785. The Bertz CT molecular complexity index is 783. The van der Waals surface area contributed by atoms with E-state index >= 15 is 0 Å². The summed E-state index contributed by atoms with van der Waals surface area (Å²) in [6.45, 7) is 0.979. The molecule has 0 spiro atoms. The second-order valence-corrected chi connectivity index (χ2v) is 5.49. The zero-order chi connectivity index (χ0) is 14.8. The highest BCUT2D eigenvalue weighted by molar-refractivity contribution is 5.72. The number of benzene rings is 2. The minimum atomic E-state index is 0.785. The van der Waals surface area contributed by atoms with Gasteiger partial charge in [-0.25, -0.2) is 9.97 Å². The van der Waals surface area contributed by atoms with Gasteiger partial charge in [0.05, 0.1) is 5.69 Å². The predicted octanol–water partition coefficient (Wildman–Crippen LogP) is 4.17. The van der Waals surface area contributed by atoms with Crippen molar-refractivity contribution in [3.8, 4) is 22.6 Å². The maximum absolute atomic E-state index is 4.88. The average molecular weight is 287 g/mol. The molecule has 3 nitrogen and oxygen atoms in total. The number of nitrogens with zero attached hydrogens (tertiary/aromatic N) is 2. The molecule has 0 atom stereocenters. The van der Waals surface area contributed by atoms with Gasteiger partial charge < -0.3 is 5.32 Å². The Morgan fingerprint density at radius 1 is 0.773 bits per heavy atom. The first kappa shape index (κ1) is 13.0. The molecule has 0 amide bonds. The molecular weight excluding hydrogens is 270 g/mol. The largest absolute Gasteiger partial charge is 0.370 e. The Balaban J connectivity index is 1.92. The Kier molecular flexibility index (Phi) is 3.31. The van der Waals surface area contributed by atoms with Crippen molar-refractivity contribution in [1.82, 2.24) is 9.97 Å². The molecule has 1 aliphatic heterocycles. The number of fused-ring (bicyclic) bond motifs is 1. The maximum atomic E-state index is 4.88. The molecule has 4 rings (SSSR count). The van der Waals surface area contributed by atoms with Gasteiger partial charge in [0.1, 0.15) is 5.82 Å². The van der Waals surface area contributed by atoms with E-state index in [-0.39, 0.29) is 0 Å². The molecule has 22 heavy (non-hydrogen) atoms. The number of anilines is 1. The molecule has 1 aromatic heterocycles. The monoisotopic (exact) mass is 287 g/mol. The van der Waals surface area contributed by atoms with Crippen molar-refractivity contribution in [3.05, 3.63) is 66.2 Å². The Hall–Kier alpha value is -2.68. The fraction of sp³-hybridized carbons (Fsp3) is 0.158. The Labute approximate surface area is 130 Å². The van der Waals surface area contributed by atoms with Crippen LogP contribution in [0.2, 0.25) is 0 Å². The molecule has 1 aliphatic rings. The third kappa shape index (κ3) is 2.35. The predicted molar refractivity (Wildman–Crippen MR) is 89.7 cm³/mol. The summed E-state index contributed by atoms with van der Waals surface area (Å²) in [5, 5.41) is 3.43. The van der Waals surface area contributed by atoms with Crippen LogP contribution in [0.25, 0.3) is 22.6 Å². The van der Waals surface area contributed by atoms with E-state index in [1.165, 1.54) is 5.56 Å². The summed E-state index contributed by atoms with van der Waals surface area (Å²) in [7, 11) is 0. The quantitative estimate of drug-likeness (QED) is 0.768. The van der Waals surface area contributed by atoms with E-state index in [9.17, 15) is 0 Å². The first-order valence-corrected chi connectivity index (χ1v) is 7.67. The van der Waals surface area contributed by atoms with Crippen molar-refractivity contribution in [3.63, 3.8) is 0 Å². The molecule has 0 saturated heterocycles. The van der Waals surface area contributed by atoms with Crippen LogP contribution in [-0.2, 0) is 6.42 Å². The van der Waals surface area contributed by atoms with Gasteiger partial charge in [0.25, 0.3) is 0 Å². The molecule has 0 unspecified atom stereocenters. The summed E-state index contributed by atoms with van der Waals surface area (Å²) in [5.74, 6) is 1.77. The van der Waals surface area contributed by atoms with Crippen molar-refractivity contribution < 1.29 is 0 Å². The number of aromatic nitrogens is 2. The minimum Gasteiger partial charge on any atom is -0.370 e. The van der Waals surface area contributed by atoms with E-state index in [0.29, 0.717) is 0 Å². The van der Waals surface area contributed by atoms with Gasteiger partial charge in [-0.3, -0.25) is 0 Å². The van der Waals surface area contributed by atoms with Gasteiger partial charge in [-0.1, -0.05) is 60.7 Å². The lowest BCUT2D eigenvalue weighted by atomic mass is 9.99. The van der Waals surface area contributed by atoms with Crippen LogP contribution in [0.15, 0.2) is 60.7 Å². The third-order valence-electron chi connectivity index (χ3n) is 3.98. The van der Waals surface area contributed by atoms with Gasteiger partial charge in [-0.05, 0) is 12.8 Å². The van der Waals surface area contributed by atoms with E-state index in [2.05, 4.69) is 41.7 Å². The van der Waals surface area contributed by atoms with Crippen LogP contribution in [0.1, 0.15) is 12.0 Å². The molecule has 0 saturated carbocycles. The van der Waals surface area contributed by atoms with Crippen molar-refractivity contribution in [2.75, 3.05) is 11.9 Å². The first-order chi connectivity index (χ1) is 10.9.